The highest BCUT2D eigenvalue weighted by atomic mass is 16.5. The van der Waals surface area contributed by atoms with Crippen molar-refractivity contribution in [3.63, 3.8) is 0 Å². The van der Waals surface area contributed by atoms with E-state index < -0.39 is 6.10 Å². The van der Waals surface area contributed by atoms with Gasteiger partial charge in [-0.2, -0.15) is 5.26 Å². The first-order valence-electron chi connectivity index (χ1n) is 6.48. The van der Waals surface area contributed by atoms with Crippen molar-refractivity contribution in [2.75, 3.05) is 7.11 Å². The van der Waals surface area contributed by atoms with Crippen LogP contribution in [-0.2, 0) is 6.61 Å². The molecule has 0 spiro atoms. The lowest BCUT2D eigenvalue weighted by Crippen LogP contribution is -2.02. The Kier molecular flexibility index (Phi) is 4.75. The summed E-state index contributed by atoms with van der Waals surface area (Å²) in [6.45, 7) is 1.91. The summed E-state index contributed by atoms with van der Waals surface area (Å²) in [4.78, 5) is 3.98. The van der Waals surface area contributed by atoms with Gasteiger partial charge in [0.1, 0.15) is 18.4 Å². The number of methoxy groups -OCH3 is 1. The normalized spacial score (nSPS) is 11.5. The Morgan fingerprint density at radius 1 is 1.33 bits per heavy atom. The zero-order chi connectivity index (χ0) is 15.2. The molecule has 1 atom stereocenters. The molecule has 5 heteroatoms. The molecular weight excluding hydrogens is 268 g/mol. The van der Waals surface area contributed by atoms with Crippen LogP contribution in [0.25, 0.3) is 0 Å². The Bertz CT molecular complexity index is 663. The number of nitriles is 1. The molecule has 21 heavy (non-hydrogen) atoms. The predicted molar refractivity (Wildman–Crippen MR) is 76.9 cm³/mol. The van der Waals surface area contributed by atoms with E-state index in [9.17, 15) is 5.11 Å². The van der Waals surface area contributed by atoms with Crippen molar-refractivity contribution in [2.24, 2.45) is 0 Å². The van der Waals surface area contributed by atoms with Gasteiger partial charge in [-0.3, -0.25) is 0 Å². The number of ether oxygens (including phenoxy) is 2. The van der Waals surface area contributed by atoms with Crippen LogP contribution in [0.4, 0.5) is 0 Å². The number of aliphatic hydroxyl groups excluding tert-OH is 1. The maximum Gasteiger partial charge on any atom is 0.161 e. The first kappa shape index (κ1) is 14.8. The monoisotopic (exact) mass is 284 g/mol. The number of hydrogen-bond donors (Lipinski definition) is 1. The van der Waals surface area contributed by atoms with Gasteiger partial charge >= 0.3 is 0 Å². The minimum absolute atomic E-state index is 0.223. The summed E-state index contributed by atoms with van der Waals surface area (Å²) in [5, 5.41) is 18.6. The molecular formula is C16H16N2O3. The summed E-state index contributed by atoms with van der Waals surface area (Å²) in [5.41, 5.74) is 1.80. The fourth-order valence-electron chi connectivity index (χ4n) is 1.87. The molecule has 2 aromatic rings. The van der Waals surface area contributed by atoms with Crippen LogP contribution in [0, 0.1) is 11.3 Å². The molecule has 0 radical (unpaired) electrons. The van der Waals surface area contributed by atoms with E-state index in [0.717, 1.165) is 5.56 Å². The van der Waals surface area contributed by atoms with Gasteiger partial charge in [0.2, 0.25) is 0 Å². The van der Waals surface area contributed by atoms with Crippen LogP contribution >= 0.6 is 0 Å². The van der Waals surface area contributed by atoms with Crippen LogP contribution in [0.2, 0.25) is 0 Å². The molecule has 0 unspecified atom stereocenters. The molecule has 0 aliphatic heterocycles. The summed E-state index contributed by atoms with van der Waals surface area (Å²) in [7, 11) is 1.54. The lowest BCUT2D eigenvalue weighted by molar-refractivity contribution is 0.198. The van der Waals surface area contributed by atoms with Crippen LogP contribution in [0.3, 0.4) is 0 Å². The first-order valence-corrected chi connectivity index (χ1v) is 6.48. The van der Waals surface area contributed by atoms with E-state index in [1.165, 1.54) is 0 Å². The van der Waals surface area contributed by atoms with Gasteiger partial charge in [0, 0.05) is 11.8 Å². The number of rotatable bonds is 5. The van der Waals surface area contributed by atoms with E-state index in [1.54, 1.807) is 50.6 Å². The van der Waals surface area contributed by atoms with Gasteiger partial charge in [0.15, 0.2) is 11.5 Å². The van der Waals surface area contributed by atoms with Crippen LogP contribution in [0.1, 0.15) is 29.8 Å². The fourth-order valence-corrected chi connectivity index (χ4v) is 1.87. The van der Waals surface area contributed by atoms with Crippen molar-refractivity contribution >= 4 is 0 Å². The van der Waals surface area contributed by atoms with Crippen molar-refractivity contribution in [1.82, 2.24) is 4.98 Å². The van der Waals surface area contributed by atoms with Gasteiger partial charge in [0.05, 0.1) is 13.2 Å². The minimum atomic E-state index is -0.573. The predicted octanol–water partition coefficient (Wildman–Crippen LogP) is 2.59. The molecule has 0 aliphatic carbocycles. The van der Waals surface area contributed by atoms with Crippen molar-refractivity contribution in [2.45, 2.75) is 19.6 Å². The minimum Gasteiger partial charge on any atom is -0.493 e. The Morgan fingerprint density at radius 3 is 2.81 bits per heavy atom. The van der Waals surface area contributed by atoms with E-state index in [4.69, 9.17) is 14.7 Å². The van der Waals surface area contributed by atoms with E-state index in [-0.39, 0.29) is 6.61 Å². The van der Waals surface area contributed by atoms with Gasteiger partial charge < -0.3 is 14.6 Å². The molecule has 0 saturated heterocycles. The van der Waals surface area contributed by atoms with Crippen molar-refractivity contribution < 1.29 is 14.6 Å². The molecule has 1 heterocycles. The van der Waals surface area contributed by atoms with Gasteiger partial charge in [-0.25, -0.2) is 4.98 Å². The van der Waals surface area contributed by atoms with Gasteiger partial charge in [-0.05, 0) is 30.7 Å². The Morgan fingerprint density at radius 2 is 2.14 bits per heavy atom. The SMILES string of the molecule is COc1cc([C@H](C)O)ccc1OCc1cccnc1C#N. The highest BCUT2D eigenvalue weighted by molar-refractivity contribution is 5.43. The maximum atomic E-state index is 9.57. The standard InChI is InChI=1S/C16H16N2O3/c1-11(19)12-5-6-15(16(8-12)20-2)21-10-13-4-3-7-18-14(13)9-17/h3-8,11,19H,10H2,1-2H3/t11-/m0/s1. The van der Waals surface area contributed by atoms with Crippen molar-refractivity contribution in [3.8, 4) is 17.6 Å². The topological polar surface area (TPSA) is 75.4 Å². The number of aliphatic hydroxyl groups is 1. The summed E-state index contributed by atoms with van der Waals surface area (Å²) < 4.78 is 11.0. The molecule has 1 N–H and O–H groups in total. The van der Waals surface area contributed by atoms with E-state index in [2.05, 4.69) is 4.98 Å². The summed E-state index contributed by atoms with van der Waals surface area (Å²) in [6.07, 6.45) is 0.997. The molecule has 2 rings (SSSR count). The zero-order valence-electron chi connectivity index (χ0n) is 11.9. The number of nitrogens with zero attached hydrogens (tertiary/aromatic N) is 2. The summed E-state index contributed by atoms with van der Waals surface area (Å²) in [5.74, 6) is 1.09. The highest BCUT2D eigenvalue weighted by Gasteiger charge is 2.10. The average Bonchev–Trinajstić information content (AvgIpc) is 2.52. The molecule has 1 aromatic carbocycles. The third-order valence-corrected chi connectivity index (χ3v) is 3.05. The van der Waals surface area contributed by atoms with Crippen molar-refractivity contribution in [3.05, 3.63) is 53.3 Å². The maximum absolute atomic E-state index is 9.57. The Balaban J connectivity index is 2.18. The molecule has 0 fully saturated rings. The molecule has 0 bridgehead atoms. The fraction of sp³-hybridized carbons (Fsp3) is 0.250. The van der Waals surface area contributed by atoms with Crippen LogP contribution < -0.4 is 9.47 Å². The Hall–Kier alpha value is -2.58. The Labute approximate surface area is 123 Å². The quantitative estimate of drug-likeness (QED) is 0.913. The number of hydrogen-bond acceptors (Lipinski definition) is 5. The molecule has 1 aromatic heterocycles. The molecule has 0 amide bonds. The second-order valence-corrected chi connectivity index (χ2v) is 4.50. The average molecular weight is 284 g/mol. The van der Waals surface area contributed by atoms with Crippen molar-refractivity contribution in [1.29, 1.82) is 5.26 Å². The molecule has 0 saturated carbocycles. The highest BCUT2D eigenvalue weighted by Crippen LogP contribution is 2.30. The van der Waals surface area contributed by atoms with E-state index in [0.29, 0.717) is 22.8 Å². The summed E-state index contributed by atoms with van der Waals surface area (Å²) in [6, 6.07) is 10.8. The van der Waals surface area contributed by atoms with Gasteiger partial charge in [0.25, 0.3) is 0 Å². The number of benzene rings is 1. The van der Waals surface area contributed by atoms with Gasteiger partial charge in [-0.15, -0.1) is 0 Å². The molecule has 5 nitrogen and oxygen atoms in total. The van der Waals surface area contributed by atoms with Crippen LogP contribution in [0.5, 0.6) is 11.5 Å². The second kappa shape index (κ2) is 6.73. The van der Waals surface area contributed by atoms with Crippen LogP contribution in [0.15, 0.2) is 36.5 Å². The van der Waals surface area contributed by atoms with E-state index in [1.807, 2.05) is 6.07 Å². The lowest BCUT2D eigenvalue weighted by Gasteiger charge is -2.13. The van der Waals surface area contributed by atoms with E-state index >= 15 is 0 Å². The number of pyridine rings is 1. The molecule has 0 aliphatic rings. The third-order valence-electron chi connectivity index (χ3n) is 3.05. The smallest absolute Gasteiger partial charge is 0.161 e. The first-order chi connectivity index (χ1) is 10.2. The molecule has 108 valence electrons. The number of aromatic nitrogens is 1. The van der Waals surface area contributed by atoms with Crippen LogP contribution in [-0.4, -0.2) is 17.2 Å². The zero-order valence-corrected chi connectivity index (χ0v) is 11.9. The summed E-state index contributed by atoms with van der Waals surface area (Å²) >= 11 is 0. The lowest BCUT2D eigenvalue weighted by atomic mass is 10.1. The van der Waals surface area contributed by atoms with Gasteiger partial charge in [-0.1, -0.05) is 12.1 Å². The largest absolute Gasteiger partial charge is 0.493 e. The second-order valence-electron chi connectivity index (χ2n) is 4.50. The third kappa shape index (κ3) is 3.50.